The zero-order chi connectivity index (χ0) is 18.9. The number of carbonyl (C=O) groups is 2. The summed E-state index contributed by atoms with van der Waals surface area (Å²) in [5, 5.41) is 5.92. The molecule has 2 rings (SSSR count). The maximum Gasteiger partial charge on any atom is 0.260 e. The zero-order valence-electron chi connectivity index (χ0n) is 16.5. The molecule has 0 spiro atoms. The van der Waals surface area contributed by atoms with Crippen LogP contribution in [0.2, 0.25) is 0 Å². The van der Waals surface area contributed by atoms with Crippen molar-refractivity contribution in [3.05, 3.63) is 29.8 Å². The van der Waals surface area contributed by atoms with Gasteiger partial charge >= 0.3 is 0 Å². The minimum absolute atomic E-state index is 0. The van der Waals surface area contributed by atoms with Gasteiger partial charge in [0.05, 0.1) is 0 Å². The van der Waals surface area contributed by atoms with E-state index in [0.29, 0.717) is 17.9 Å². The lowest BCUT2D eigenvalue weighted by Crippen LogP contribution is -2.49. The van der Waals surface area contributed by atoms with E-state index in [0.717, 1.165) is 25.8 Å². The zero-order valence-corrected chi connectivity index (χ0v) is 17.3. The molecular weight excluding hydrogens is 366 g/mol. The first-order valence-corrected chi connectivity index (χ1v) is 9.49. The fourth-order valence-electron chi connectivity index (χ4n) is 3.40. The lowest BCUT2D eigenvalue weighted by atomic mass is 9.97. The second-order valence-electron chi connectivity index (χ2n) is 6.96. The van der Waals surface area contributed by atoms with Crippen molar-refractivity contribution in [1.82, 2.24) is 15.5 Å². The molecule has 0 radical (unpaired) electrons. The third kappa shape index (κ3) is 7.03. The van der Waals surface area contributed by atoms with Crippen LogP contribution in [-0.2, 0) is 4.79 Å². The average Bonchev–Trinajstić information content (AvgIpc) is 2.63. The van der Waals surface area contributed by atoms with Gasteiger partial charge in [-0.05, 0) is 77.4 Å². The van der Waals surface area contributed by atoms with Crippen molar-refractivity contribution < 1.29 is 14.3 Å². The van der Waals surface area contributed by atoms with Gasteiger partial charge in [0.15, 0.2) is 6.61 Å². The molecule has 27 heavy (non-hydrogen) atoms. The molecule has 1 saturated heterocycles. The lowest BCUT2D eigenvalue weighted by Gasteiger charge is -2.38. The number of benzene rings is 1. The van der Waals surface area contributed by atoms with Gasteiger partial charge in [0.2, 0.25) is 0 Å². The Morgan fingerprint density at radius 1 is 1.11 bits per heavy atom. The normalized spacial score (nSPS) is 19.1. The summed E-state index contributed by atoms with van der Waals surface area (Å²) in [5.74, 6) is 0.526. The largest absolute Gasteiger partial charge is 0.484 e. The first kappa shape index (κ1) is 23.2. The second-order valence-corrected chi connectivity index (χ2v) is 6.96. The molecule has 1 aliphatic heterocycles. The average molecular weight is 398 g/mol. The van der Waals surface area contributed by atoms with Gasteiger partial charge in [-0.3, -0.25) is 9.59 Å². The summed E-state index contributed by atoms with van der Waals surface area (Å²) in [6, 6.07) is 7.45. The first-order valence-electron chi connectivity index (χ1n) is 9.49. The second kappa shape index (κ2) is 11.8. The van der Waals surface area contributed by atoms with Crippen LogP contribution >= 0.6 is 12.4 Å². The monoisotopic (exact) mass is 397 g/mol. The molecule has 2 amide bonds. The summed E-state index contributed by atoms with van der Waals surface area (Å²) in [6.07, 6.45) is 4.16. The van der Waals surface area contributed by atoms with Crippen molar-refractivity contribution >= 4 is 24.2 Å². The van der Waals surface area contributed by atoms with E-state index in [9.17, 15) is 9.59 Å². The van der Waals surface area contributed by atoms with Gasteiger partial charge < -0.3 is 20.3 Å². The topological polar surface area (TPSA) is 70.7 Å². The van der Waals surface area contributed by atoms with Crippen LogP contribution in [0.5, 0.6) is 5.75 Å². The highest BCUT2D eigenvalue weighted by atomic mass is 35.5. The highest BCUT2D eigenvalue weighted by Gasteiger charge is 2.28. The minimum atomic E-state index is -0.0975. The fourth-order valence-corrected chi connectivity index (χ4v) is 3.40. The molecule has 1 fully saturated rings. The fraction of sp³-hybridized carbons (Fsp3) is 0.600. The van der Waals surface area contributed by atoms with Gasteiger partial charge in [-0.1, -0.05) is 0 Å². The molecule has 0 aromatic heterocycles. The number of carbonyl (C=O) groups excluding carboxylic acids is 2. The Balaban J connectivity index is 0.00000364. The summed E-state index contributed by atoms with van der Waals surface area (Å²) in [4.78, 5) is 26.4. The number of hydrogen-bond acceptors (Lipinski definition) is 4. The number of hydrogen-bond donors (Lipinski definition) is 2. The molecule has 1 aromatic carbocycles. The van der Waals surface area contributed by atoms with Crippen LogP contribution in [0, 0.1) is 0 Å². The molecule has 6 nitrogen and oxygen atoms in total. The van der Waals surface area contributed by atoms with E-state index in [1.165, 1.54) is 6.42 Å². The van der Waals surface area contributed by atoms with Crippen LogP contribution in [0.25, 0.3) is 0 Å². The molecule has 1 aliphatic rings. The van der Waals surface area contributed by atoms with Crippen molar-refractivity contribution in [3.63, 3.8) is 0 Å². The SMILES string of the molecule is CNCCCNC(=O)c1ccc(OCC(=O)N2C(C)CCCC2C)cc1.Cl. The van der Waals surface area contributed by atoms with Gasteiger partial charge in [0, 0.05) is 24.2 Å². The van der Waals surface area contributed by atoms with Crippen molar-refractivity contribution in [2.45, 2.75) is 51.6 Å². The third-order valence-electron chi connectivity index (χ3n) is 4.85. The number of likely N-dealkylation sites (tertiary alicyclic amines) is 1. The number of ether oxygens (including phenoxy) is 1. The van der Waals surface area contributed by atoms with Gasteiger partial charge in [-0.25, -0.2) is 0 Å². The Bertz CT molecular complexity index is 585. The lowest BCUT2D eigenvalue weighted by molar-refractivity contribution is -0.139. The maximum absolute atomic E-state index is 12.5. The number of rotatable bonds is 8. The minimum Gasteiger partial charge on any atom is -0.484 e. The Kier molecular flexibility index (Phi) is 10.2. The van der Waals surface area contributed by atoms with Gasteiger partial charge in [-0.2, -0.15) is 0 Å². The number of halogens is 1. The van der Waals surface area contributed by atoms with E-state index in [4.69, 9.17) is 4.74 Å². The molecule has 1 aromatic rings. The summed E-state index contributed by atoms with van der Waals surface area (Å²) >= 11 is 0. The third-order valence-corrected chi connectivity index (χ3v) is 4.85. The van der Waals surface area contributed by atoms with E-state index < -0.39 is 0 Å². The van der Waals surface area contributed by atoms with E-state index in [2.05, 4.69) is 24.5 Å². The van der Waals surface area contributed by atoms with Crippen LogP contribution in [-0.4, -0.2) is 55.5 Å². The highest BCUT2D eigenvalue weighted by molar-refractivity contribution is 5.94. The number of nitrogens with one attached hydrogen (secondary N) is 2. The van der Waals surface area contributed by atoms with E-state index in [1.54, 1.807) is 24.3 Å². The van der Waals surface area contributed by atoms with Crippen LogP contribution < -0.4 is 15.4 Å². The molecular formula is C20H32ClN3O3. The Morgan fingerprint density at radius 2 is 1.74 bits per heavy atom. The molecule has 2 unspecified atom stereocenters. The van der Waals surface area contributed by atoms with E-state index in [-0.39, 0.29) is 42.9 Å². The summed E-state index contributed by atoms with van der Waals surface area (Å²) < 4.78 is 5.63. The van der Waals surface area contributed by atoms with E-state index in [1.807, 2.05) is 11.9 Å². The molecule has 1 heterocycles. The van der Waals surface area contributed by atoms with Crippen molar-refractivity contribution in [2.75, 3.05) is 26.7 Å². The summed E-state index contributed by atoms with van der Waals surface area (Å²) in [6.45, 7) is 5.73. The van der Waals surface area contributed by atoms with Crippen LogP contribution in [0.1, 0.15) is 49.9 Å². The Hall–Kier alpha value is -1.79. The number of amides is 2. The van der Waals surface area contributed by atoms with Gasteiger partial charge in [0.1, 0.15) is 5.75 Å². The molecule has 0 saturated carbocycles. The highest BCUT2D eigenvalue weighted by Crippen LogP contribution is 2.22. The van der Waals surface area contributed by atoms with Crippen molar-refractivity contribution in [2.24, 2.45) is 0 Å². The van der Waals surface area contributed by atoms with Gasteiger partial charge in [-0.15, -0.1) is 12.4 Å². The van der Waals surface area contributed by atoms with Crippen molar-refractivity contribution in [1.29, 1.82) is 0 Å². The smallest absolute Gasteiger partial charge is 0.260 e. The molecule has 152 valence electrons. The van der Waals surface area contributed by atoms with Crippen molar-refractivity contribution in [3.8, 4) is 5.75 Å². The van der Waals surface area contributed by atoms with Crippen LogP contribution in [0.3, 0.4) is 0 Å². The van der Waals surface area contributed by atoms with Crippen LogP contribution in [0.4, 0.5) is 0 Å². The molecule has 2 atom stereocenters. The summed E-state index contributed by atoms with van der Waals surface area (Å²) in [7, 11) is 1.89. The molecule has 0 bridgehead atoms. The first-order chi connectivity index (χ1) is 12.5. The predicted molar refractivity (Wildman–Crippen MR) is 110 cm³/mol. The number of nitrogens with zero attached hydrogens (tertiary/aromatic N) is 1. The molecule has 2 N–H and O–H groups in total. The standard InChI is InChI=1S/C20H31N3O3.ClH/c1-15-6-4-7-16(2)23(15)19(24)14-26-18-10-8-17(9-11-18)20(25)22-13-5-12-21-3;/h8-11,15-16,21H,4-7,12-14H2,1-3H3,(H,22,25);1H. The Labute approximate surface area is 168 Å². The molecule has 7 heteroatoms. The quantitative estimate of drug-likeness (QED) is 0.661. The number of piperidine rings is 1. The van der Waals surface area contributed by atoms with Gasteiger partial charge in [0.25, 0.3) is 11.8 Å². The summed E-state index contributed by atoms with van der Waals surface area (Å²) in [5.41, 5.74) is 0.589. The predicted octanol–water partition coefficient (Wildman–Crippen LogP) is 2.62. The Morgan fingerprint density at radius 3 is 2.33 bits per heavy atom. The van der Waals surface area contributed by atoms with E-state index >= 15 is 0 Å². The molecule has 0 aliphatic carbocycles. The van der Waals surface area contributed by atoms with Crippen LogP contribution in [0.15, 0.2) is 24.3 Å². The maximum atomic E-state index is 12.5.